The lowest BCUT2D eigenvalue weighted by Gasteiger charge is -2.21. The number of anilines is 2. The number of hydrogen-bond acceptors (Lipinski definition) is 6. The Morgan fingerprint density at radius 3 is 2.54 bits per heavy atom. The minimum atomic E-state index is -0.544. The highest BCUT2D eigenvalue weighted by Gasteiger charge is 2.23. The molecule has 3 N–H and O–H groups in total. The van der Waals surface area contributed by atoms with Crippen molar-refractivity contribution in [2.24, 2.45) is 0 Å². The molecule has 0 atom stereocenters. The molecule has 0 bridgehead atoms. The fourth-order valence-electron chi connectivity index (χ4n) is 5.00. The Kier molecular flexibility index (Phi) is 6.37. The lowest BCUT2D eigenvalue weighted by molar-refractivity contribution is 0.0841. The molecular formula is C29H25FN6O3. The number of carbonyl (C=O) groups is 1. The van der Waals surface area contributed by atoms with Gasteiger partial charge in [0.25, 0.3) is 11.5 Å². The van der Waals surface area contributed by atoms with Crippen LogP contribution in [0.5, 0.6) is 0 Å². The number of fused-ring (bicyclic) bond motifs is 1. The quantitative estimate of drug-likeness (QED) is 0.352. The van der Waals surface area contributed by atoms with Gasteiger partial charge in [-0.3, -0.25) is 14.2 Å². The van der Waals surface area contributed by atoms with Crippen LogP contribution < -0.4 is 16.6 Å². The van der Waals surface area contributed by atoms with Crippen molar-refractivity contribution in [1.29, 1.82) is 0 Å². The van der Waals surface area contributed by atoms with Gasteiger partial charge in [0.05, 0.1) is 0 Å². The number of halogens is 1. The average molecular weight is 525 g/mol. The van der Waals surface area contributed by atoms with E-state index in [4.69, 9.17) is 10.5 Å². The number of benzene rings is 2. The molecule has 1 amide bonds. The van der Waals surface area contributed by atoms with Crippen LogP contribution in [0.15, 0.2) is 84.0 Å². The predicted molar refractivity (Wildman–Crippen MR) is 146 cm³/mol. The van der Waals surface area contributed by atoms with E-state index in [1.165, 1.54) is 47.4 Å². The number of nitrogens with one attached hydrogen (secondary N) is 1. The number of nitrogen functional groups attached to an aromatic ring is 1. The number of pyridine rings is 1. The van der Waals surface area contributed by atoms with Crippen LogP contribution in [0.4, 0.5) is 15.9 Å². The number of nitrogens with two attached hydrogens (primary N) is 1. The highest BCUT2D eigenvalue weighted by molar-refractivity contribution is 6.04. The van der Waals surface area contributed by atoms with Crippen LogP contribution in [0.25, 0.3) is 22.3 Å². The van der Waals surface area contributed by atoms with Crippen LogP contribution in [-0.4, -0.2) is 38.3 Å². The largest absolute Gasteiger partial charge is 0.382 e. The molecule has 4 heterocycles. The molecule has 5 aromatic rings. The highest BCUT2D eigenvalue weighted by Crippen LogP contribution is 2.36. The summed E-state index contributed by atoms with van der Waals surface area (Å²) < 4.78 is 22.0. The van der Waals surface area contributed by atoms with E-state index in [2.05, 4.69) is 21.5 Å². The monoisotopic (exact) mass is 524 g/mol. The molecule has 0 saturated carbocycles. The molecule has 39 heavy (non-hydrogen) atoms. The summed E-state index contributed by atoms with van der Waals surface area (Å²) in [6, 6.07) is 17.9. The van der Waals surface area contributed by atoms with E-state index in [0.29, 0.717) is 36.3 Å². The molecule has 1 saturated heterocycles. The maximum Gasteiger partial charge on any atom is 0.267 e. The molecule has 1 aliphatic rings. The molecule has 1 fully saturated rings. The van der Waals surface area contributed by atoms with Gasteiger partial charge in [0, 0.05) is 48.0 Å². The molecule has 0 radical (unpaired) electrons. The van der Waals surface area contributed by atoms with Gasteiger partial charge in [-0.1, -0.05) is 12.1 Å². The second kappa shape index (κ2) is 10.1. The van der Waals surface area contributed by atoms with Crippen molar-refractivity contribution in [2.75, 3.05) is 24.3 Å². The summed E-state index contributed by atoms with van der Waals surface area (Å²) in [5, 5.41) is 7.26. The van der Waals surface area contributed by atoms with Gasteiger partial charge in [0.15, 0.2) is 5.82 Å². The Morgan fingerprint density at radius 2 is 1.79 bits per heavy atom. The number of rotatable bonds is 5. The normalized spacial score (nSPS) is 14.0. The second-order valence-corrected chi connectivity index (χ2v) is 9.38. The Labute approximate surface area is 222 Å². The third-order valence-corrected chi connectivity index (χ3v) is 7.00. The number of aromatic nitrogens is 4. The van der Waals surface area contributed by atoms with Crippen LogP contribution in [-0.2, 0) is 4.74 Å². The van der Waals surface area contributed by atoms with Crippen molar-refractivity contribution >= 4 is 22.9 Å². The standard InChI is InChI=1S/C29H25FN6O3/c30-20-5-9-22(10-6-20)35-13-1-2-23(29(35)38)28(37)34-21-7-3-18(4-8-21)24-16-25(19-11-14-39-15-12-19)36-26(24)27(31)32-17-33-36/h1-10,13,16-17,19H,11-12,14-15H2,(H,34,37)(H2,31,32,33). The molecule has 0 unspecified atom stereocenters. The minimum Gasteiger partial charge on any atom is -0.382 e. The predicted octanol–water partition coefficient (Wildman–Crippen LogP) is 4.41. The summed E-state index contributed by atoms with van der Waals surface area (Å²) in [6.45, 7) is 1.41. The zero-order valence-electron chi connectivity index (χ0n) is 20.9. The Hall–Kier alpha value is -4.83. The fourth-order valence-corrected chi connectivity index (χ4v) is 5.00. The van der Waals surface area contributed by atoms with Crippen LogP contribution >= 0.6 is 0 Å². The minimum absolute atomic E-state index is 0.0321. The highest BCUT2D eigenvalue weighted by atomic mass is 19.1. The van der Waals surface area contributed by atoms with E-state index in [1.54, 1.807) is 18.2 Å². The van der Waals surface area contributed by atoms with Gasteiger partial charge in [0.1, 0.15) is 23.2 Å². The van der Waals surface area contributed by atoms with E-state index in [1.807, 2.05) is 16.6 Å². The summed E-state index contributed by atoms with van der Waals surface area (Å²) in [5.74, 6) is -0.264. The van der Waals surface area contributed by atoms with Crippen LogP contribution in [0, 0.1) is 5.82 Å². The maximum absolute atomic E-state index is 13.3. The van der Waals surface area contributed by atoms with Crippen LogP contribution in [0.2, 0.25) is 0 Å². The first-order valence-corrected chi connectivity index (χ1v) is 12.6. The number of amides is 1. The van der Waals surface area contributed by atoms with Crippen molar-refractivity contribution in [3.05, 3.63) is 107 Å². The first-order valence-electron chi connectivity index (χ1n) is 12.6. The molecule has 0 spiro atoms. The number of hydrogen-bond donors (Lipinski definition) is 2. The Bertz CT molecular complexity index is 1720. The fraction of sp³-hybridized carbons (Fsp3) is 0.172. The molecule has 9 nitrogen and oxygen atoms in total. The van der Waals surface area contributed by atoms with Crippen molar-refractivity contribution in [3.63, 3.8) is 0 Å². The van der Waals surface area contributed by atoms with E-state index in [9.17, 15) is 14.0 Å². The molecule has 2 aromatic carbocycles. The van der Waals surface area contributed by atoms with Gasteiger partial charge in [-0.05, 0) is 73.0 Å². The third kappa shape index (κ3) is 4.66. The lowest BCUT2D eigenvalue weighted by Crippen LogP contribution is -2.27. The van der Waals surface area contributed by atoms with E-state index >= 15 is 0 Å². The number of carbonyl (C=O) groups excluding carboxylic acids is 1. The van der Waals surface area contributed by atoms with Crippen LogP contribution in [0.3, 0.4) is 0 Å². The molecule has 6 rings (SSSR count). The van der Waals surface area contributed by atoms with Crippen molar-refractivity contribution < 1.29 is 13.9 Å². The van der Waals surface area contributed by atoms with Gasteiger partial charge in [0.2, 0.25) is 0 Å². The van der Waals surface area contributed by atoms with E-state index < -0.39 is 17.3 Å². The van der Waals surface area contributed by atoms with Gasteiger partial charge in [-0.2, -0.15) is 5.10 Å². The first-order chi connectivity index (χ1) is 19.0. The molecule has 196 valence electrons. The van der Waals surface area contributed by atoms with Gasteiger partial charge in [-0.15, -0.1) is 0 Å². The zero-order valence-corrected chi connectivity index (χ0v) is 20.9. The smallest absolute Gasteiger partial charge is 0.267 e. The summed E-state index contributed by atoms with van der Waals surface area (Å²) in [5.41, 5.74) is 10.3. The van der Waals surface area contributed by atoms with Crippen LogP contribution in [0.1, 0.15) is 34.8 Å². The summed E-state index contributed by atoms with van der Waals surface area (Å²) in [6.07, 6.45) is 4.81. The zero-order chi connectivity index (χ0) is 26.9. The summed E-state index contributed by atoms with van der Waals surface area (Å²) in [4.78, 5) is 30.2. The third-order valence-electron chi connectivity index (χ3n) is 7.00. The number of nitrogens with zero attached hydrogens (tertiary/aromatic N) is 4. The van der Waals surface area contributed by atoms with Gasteiger partial charge in [-0.25, -0.2) is 13.9 Å². The Balaban J connectivity index is 1.27. The SMILES string of the molecule is Nc1ncnn2c(C3CCOCC3)cc(-c3ccc(NC(=O)c4cccn(-c5ccc(F)cc5)c4=O)cc3)c12. The first kappa shape index (κ1) is 24.5. The molecule has 10 heteroatoms. The lowest BCUT2D eigenvalue weighted by atomic mass is 9.96. The molecule has 3 aromatic heterocycles. The van der Waals surface area contributed by atoms with Crippen molar-refractivity contribution in [3.8, 4) is 16.8 Å². The average Bonchev–Trinajstić information content (AvgIpc) is 3.36. The van der Waals surface area contributed by atoms with Crippen molar-refractivity contribution in [1.82, 2.24) is 19.2 Å². The van der Waals surface area contributed by atoms with E-state index in [-0.39, 0.29) is 5.56 Å². The molecule has 1 aliphatic heterocycles. The van der Waals surface area contributed by atoms with E-state index in [0.717, 1.165) is 35.2 Å². The number of ether oxygens (including phenoxy) is 1. The van der Waals surface area contributed by atoms with Gasteiger partial charge < -0.3 is 15.8 Å². The summed E-state index contributed by atoms with van der Waals surface area (Å²) >= 11 is 0. The second-order valence-electron chi connectivity index (χ2n) is 9.38. The molecule has 0 aliphatic carbocycles. The Morgan fingerprint density at radius 1 is 1.05 bits per heavy atom. The van der Waals surface area contributed by atoms with Crippen molar-refractivity contribution in [2.45, 2.75) is 18.8 Å². The maximum atomic E-state index is 13.3. The van der Waals surface area contributed by atoms with Gasteiger partial charge >= 0.3 is 0 Å². The molecular weight excluding hydrogens is 499 g/mol. The topological polar surface area (TPSA) is 117 Å². The summed E-state index contributed by atoms with van der Waals surface area (Å²) in [7, 11) is 0.